The van der Waals surface area contributed by atoms with E-state index in [0.717, 1.165) is 17.1 Å². The van der Waals surface area contributed by atoms with Crippen molar-refractivity contribution in [3.63, 3.8) is 0 Å². The van der Waals surface area contributed by atoms with E-state index in [1.165, 1.54) is 12.8 Å². The van der Waals surface area contributed by atoms with E-state index in [4.69, 9.17) is 4.74 Å². The third-order valence-corrected chi connectivity index (χ3v) is 2.28. The van der Waals surface area contributed by atoms with Gasteiger partial charge in [-0.25, -0.2) is 0 Å². The van der Waals surface area contributed by atoms with E-state index >= 15 is 0 Å². The molecule has 0 aliphatic heterocycles. The Balaban J connectivity index is 2.27. The van der Waals surface area contributed by atoms with Crippen molar-refractivity contribution in [2.24, 2.45) is 0 Å². The summed E-state index contributed by atoms with van der Waals surface area (Å²) >= 11 is 0. The molecule has 0 unspecified atom stereocenters. The van der Waals surface area contributed by atoms with Crippen molar-refractivity contribution in [3.05, 3.63) is 18.0 Å². The molecule has 0 aromatic carbocycles. The molecule has 76 valence electrons. The first-order valence-electron chi connectivity index (χ1n) is 4.97. The van der Waals surface area contributed by atoms with Gasteiger partial charge in [0.1, 0.15) is 5.75 Å². The standard InChI is InChI=1S/C11H16N2O/c1-8-6-11(14-9-4-5-9)10(7-12-8)13(2)3/h6-7,9H,4-5H2,1-3H3. The summed E-state index contributed by atoms with van der Waals surface area (Å²) in [5.74, 6) is 0.963. The zero-order valence-corrected chi connectivity index (χ0v) is 8.95. The molecule has 0 spiro atoms. The van der Waals surface area contributed by atoms with Gasteiger partial charge in [0.05, 0.1) is 18.0 Å². The number of nitrogens with zero attached hydrogens (tertiary/aromatic N) is 2. The Hall–Kier alpha value is -1.25. The SMILES string of the molecule is Cc1cc(OC2CC2)c(N(C)C)cn1. The highest BCUT2D eigenvalue weighted by Crippen LogP contribution is 2.33. The Bertz CT molecular complexity index is 332. The second-order valence-electron chi connectivity index (χ2n) is 4.01. The van der Waals surface area contributed by atoms with Crippen molar-refractivity contribution in [3.8, 4) is 5.75 Å². The largest absolute Gasteiger partial charge is 0.488 e. The first-order chi connectivity index (χ1) is 6.66. The quantitative estimate of drug-likeness (QED) is 0.732. The Morgan fingerprint density at radius 1 is 1.43 bits per heavy atom. The summed E-state index contributed by atoms with van der Waals surface area (Å²) in [6, 6.07) is 2.01. The van der Waals surface area contributed by atoms with Crippen molar-refractivity contribution in [2.75, 3.05) is 19.0 Å². The molecule has 1 saturated carbocycles. The number of hydrogen-bond donors (Lipinski definition) is 0. The predicted octanol–water partition coefficient (Wildman–Crippen LogP) is 2.00. The molecule has 1 heterocycles. The second-order valence-corrected chi connectivity index (χ2v) is 4.01. The lowest BCUT2D eigenvalue weighted by atomic mass is 10.3. The number of ether oxygens (including phenoxy) is 1. The summed E-state index contributed by atoms with van der Waals surface area (Å²) in [4.78, 5) is 6.30. The molecular weight excluding hydrogens is 176 g/mol. The van der Waals surface area contributed by atoms with Crippen LogP contribution in [0.15, 0.2) is 12.3 Å². The van der Waals surface area contributed by atoms with E-state index in [2.05, 4.69) is 4.98 Å². The highest BCUT2D eigenvalue weighted by atomic mass is 16.5. The van der Waals surface area contributed by atoms with Crippen LogP contribution in [-0.4, -0.2) is 25.2 Å². The van der Waals surface area contributed by atoms with E-state index in [9.17, 15) is 0 Å². The normalized spacial score (nSPS) is 15.4. The minimum Gasteiger partial charge on any atom is -0.488 e. The fourth-order valence-electron chi connectivity index (χ4n) is 1.32. The summed E-state index contributed by atoms with van der Waals surface area (Å²) in [7, 11) is 4.01. The van der Waals surface area contributed by atoms with Crippen LogP contribution in [0.4, 0.5) is 5.69 Å². The van der Waals surface area contributed by atoms with Gasteiger partial charge in [-0.2, -0.15) is 0 Å². The van der Waals surface area contributed by atoms with Crippen molar-refractivity contribution in [1.82, 2.24) is 4.98 Å². The lowest BCUT2D eigenvalue weighted by molar-refractivity contribution is 0.303. The minimum absolute atomic E-state index is 0.440. The van der Waals surface area contributed by atoms with Crippen molar-refractivity contribution < 1.29 is 4.74 Å². The maximum atomic E-state index is 5.82. The molecule has 1 aliphatic carbocycles. The topological polar surface area (TPSA) is 25.4 Å². The number of aromatic nitrogens is 1. The zero-order chi connectivity index (χ0) is 10.1. The molecule has 0 amide bonds. The van der Waals surface area contributed by atoms with Crippen LogP contribution in [-0.2, 0) is 0 Å². The van der Waals surface area contributed by atoms with Gasteiger partial charge in [0, 0.05) is 25.9 Å². The molecular formula is C11H16N2O. The van der Waals surface area contributed by atoms with E-state index in [1.54, 1.807) is 0 Å². The molecule has 0 radical (unpaired) electrons. The average Bonchev–Trinajstić information content (AvgIpc) is 2.87. The molecule has 1 aromatic heterocycles. The average molecular weight is 192 g/mol. The van der Waals surface area contributed by atoms with Gasteiger partial charge in [-0.05, 0) is 19.8 Å². The number of rotatable bonds is 3. The Labute approximate surface area is 84.7 Å². The van der Waals surface area contributed by atoms with Crippen LogP contribution < -0.4 is 9.64 Å². The van der Waals surface area contributed by atoms with Crippen LogP contribution in [0.2, 0.25) is 0 Å². The van der Waals surface area contributed by atoms with Gasteiger partial charge in [0.15, 0.2) is 0 Å². The van der Waals surface area contributed by atoms with Gasteiger partial charge in [-0.3, -0.25) is 4.98 Å². The third-order valence-electron chi connectivity index (χ3n) is 2.28. The number of aryl methyl sites for hydroxylation is 1. The monoisotopic (exact) mass is 192 g/mol. The predicted molar refractivity (Wildman–Crippen MR) is 57.0 cm³/mol. The third kappa shape index (κ3) is 1.97. The van der Waals surface area contributed by atoms with Crippen LogP contribution in [0, 0.1) is 6.92 Å². The van der Waals surface area contributed by atoms with Crippen LogP contribution in [0.1, 0.15) is 18.5 Å². The molecule has 2 rings (SSSR count). The van der Waals surface area contributed by atoms with Crippen molar-refractivity contribution >= 4 is 5.69 Å². The maximum absolute atomic E-state index is 5.82. The minimum atomic E-state index is 0.440. The first kappa shape index (κ1) is 9.31. The van der Waals surface area contributed by atoms with Gasteiger partial charge in [0.25, 0.3) is 0 Å². The van der Waals surface area contributed by atoms with Crippen LogP contribution in [0.25, 0.3) is 0 Å². The summed E-state index contributed by atoms with van der Waals surface area (Å²) in [6.07, 6.45) is 4.69. The van der Waals surface area contributed by atoms with Gasteiger partial charge in [-0.1, -0.05) is 0 Å². The molecule has 14 heavy (non-hydrogen) atoms. The zero-order valence-electron chi connectivity index (χ0n) is 8.95. The van der Waals surface area contributed by atoms with E-state index in [0.29, 0.717) is 6.10 Å². The second kappa shape index (κ2) is 3.48. The lowest BCUT2D eigenvalue weighted by Crippen LogP contribution is -2.12. The molecule has 3 heteroatoms. The summed E-state index contributed by atoms with van der Waals surface area (Å²) < 4.78 is 5.82. The molecule has 0 atom stereocenters. The number of anilines is 1. The lowest BCUT2D eigenvalue weighted by Gasteiger charge is -2.17. The van der Waals surface area contributed by atoms with Gasteiger partial charge in [0.2, 0.25) is 0 Å². The van der Waals surface area contributed by atoms with Crippen molar-refractivity contribution in [2.45, 2.75) is 25.9 Å². The molecule has 1 aromatic rings. The molecule has 1 fully saturated rings. The molecule has 0 saturated heterocycles. The van der Waals surface area contributed by atoms with Gasteiger partial charge < -0.3 is 9.64 Å². The highest BCUT2D eigenvalue weighted by Gasteiger charge is 2.25. The summed E-state index contributed by atoms with van der Waals surface area (Å²) in [5.41, 5.74) is 2.06. The van der Waals surface area contributed by atoms with E-state index in [1.807, 2.05) is 38.2 Å². The Morgan fingerprint density at radius 2 is 2.14 bits per heavy atom. The molecule has 3 nitrogen and oxygen atoms in total. The smallest absolute Gasteiger partial charge is 0.146 e. The fourth-order valence-corrected chi connectivity index (χ4v) is 1.32. The number of pyridine rings is 1. The van der Waals surface area contributed by atoms with E-state index in [-0.39, 0.29) is 0 Å². The van der Waals surface area contributed by atoms with Gasteiger partial charge in [-0.15, -0.1) is 0 Å². The van der Waals surface area contributed by atoms with Crippen LogP contribution in [0.5, 0.6) is 5.75 Å². The number of hydrogen-bond acceptors (Lipinski definition) is 3. The summed E-state index contributed by atoms with van der Waals surface area (Å²) in [5, 5.41) is 0. The Kier molecular flexibility index (Phi) is 2.32. The molecule has 0 N–H and O–H groups in total. The van der Waals surface area contributed by atoms with Crippen molar-refractivity contribution in [1.29, 1.82) is 0 Å². The summed E-state index contributed by atoms with van der Waals surface area (Å²) in [6.45, 7) is 1.99. The Morgan fingerprint density at radius 3 is 2.71 bits per heavy atom. The maximum Gasteiger partial charge on any atom is 0.146 e. The van der Waals surface area contributed by atoms with Crippen LogP contribution in [0.3, 0.4) is 0 Å². The molecule has 1 aliphatic rings. The first-order valence-corrected chi connectivity index (χ1v) is 4.97. The van der Waals surface area contributed by atoms with Gasteiger partial charge >= 0.3 is 0 Å². The highest BCUT2D eigenvalue weighted by molar-refractivity contribution is 5.56. The molecule has 0 bridgehead atoms. The van der Waals surface area contributed by atoms with E-state index < -0.39 is 0 Å². The fraction of sp³-hybridized carbons (Fsp3) is 0.545. The van der Waals surface area contributed by atoms with Crippen LogP contribution >= 0.6 is 0 Å².